The molecule has 1 fully saturated rings. The highest BCUT2D eigenvalue weighted by Gasteiger charge is 2.16. The fourth-order valence-corrected chi connectivity index (χ4v) is 2.07. The molecule has 1 N–H and O–H groups in total. The van der Waals surface area contributed by atoms with E-state index in [0.29, 0.717) is 6.54 Å². The number of hydrogen-bond donors (Lipinski definition) is 1. The first kappa shape index (κ1) is 13.0. The van der Waals surface area contributed by atoms with E-state index in [1.165, 1.54) is 0 Å². The Kier molecular flexibility index (Phi) is 4.66. The van der Waals surface area contributed by atoms with Crippen molar-refractivity contribution < 1.29 is 4.79 Å². The van der Waals surface area contributed by atoms with Crippen LogP contribution in [-0.4, -0.2) is 55.6 Å². The lowest BCUT2D eigenvalue weighted by Gasteiger charge is -2.23. The summed E-state index contributed by atoms with van der Waals surface area (Å²) in [5.41, 5.74) is 0.892. The third-order valence-corrected chi connectivity index (χ3v) is 3.22. The second kappa shape index (κ2) is 6.47. The zero-order valence-corrected chi connectivity index (χ0v) is 10.8. The molecule has 1 aromatic rings. The molecular weight excluding hydrogens is 228 g/mol. The van der Waals surface area contributed by atoms with Crippen LogP contribution in [0.5, 0.6) is 0 Å². The summed E-state index contributed by atoms with van der Waals surface area (Å²) in [6, 6.07) is 3.70. The van der Waals surface area contributed by atoms with Crippen molar-refractivity contribution in [2.45, 2.75) is 6.42 Å². The van der Waals surface area contributed by atoms with Crippen molar-refractivity contribution in [3.8, 4) is 0 Å². The highest BCUT2D eigenvalue weighted by Crippen LogP contribution is 2.10. The van der Waals surface area contributed by atoms with Gasteiger partial charge < -0.3 is 10.2 Å². The number of carbonyl (C=O) groups excluding carboxylic acids is 1. The van der Waals surface area contributed by atoms with Crippen molar-refractivity contribution in [1.82, 2.24) is 15.2 Å². The predicted octanol–water partition coefficient (Wildman–Crippen LogP) is 0.340. The van der Waals surface area contributed by atoms with Crippen molar-refractivity contribution in [1.29, 1.82) is 0 Å². The molecule has 0 atom stereocenters. The first-order chi connectivity index (χ1) is 8.77. The lowest BCUT2D eigenvalue weighted by Crippen LogP contribution is -2.39. The molecule has 1 saturated heterocycles. The number of pyridine rings is 1. The summed E-state index contributed by atoms with van der Waals surface area (Å²) in [6.45, 7) is 4.43. The molecule has 1 aliphatic rings. The molecule has 0 aromatic carbocycles. The maximum absolute atomic E-state index is 12.2. The summed E-state index contributed by atoms with van der Waals surface area (Å²) in [7, 11) is 1.81. The molecule has 5 nitrogen and oxygen atoms in total. The number of amides is 1. The third-order valence-electron chi connectivity index (χ3n) is 3.22. The largest absolute Gasteiger partial charge is 0.315 e. The van der Waals surface area contributed by atoms with E-state index < -0.39 is 0 Å². The molecule has 0 saturated carbocycles. The number of likely N-dealkylation sites (N-methyl/N-ethyl adjacent to an activating group) is 1. The van der Waals surface area contributed by atoms with E-state index in [4.69, 9.17) is 0 Å². The van der Waals surface area contributed by atoms with Crippen molar-refractivity contribution in [2.24, 2.45) is 0 Å². The fraction of sp³-hybridized carbons (Fsp3) is 0.538. The lowest BCUT2D eigenvalue weighted by atomic mass is 10.3. The number of aromatic nitrogens is 1. The number of nitrogens with one attached hydrogen (secondary N) is 1. The Morgan fingerprint density at radius 3 is 2.94 bits per heavy atom. The topological polar surface area (TPSA) is 48.5 Å². The van der Waals surface area contributed by atoms with Gasteiger partial charge in [-0.15, -0.1) is 0 Å². The average Bonchev–Trinajstić information content (AvgIpc) is 2.67. The van der Waals surface area contributed by atoms with Gasteiger partial charge in [0.15, 0.2) is 0 Å². The van der Waals surface area contributed by atoms with E-state index in [9.17, 15) is 4.79 Å². The minimum absolute atomic E-state index is 0.128. The second-order valence-electron chi connectivity index (χ2n) is 4.54. The van der Waals surface area contributed by atoms with Crippen LogP contribution in [0.3, 0.4) is 0 Å². The Morgan fingerprint density at radius 2 is 2.17 bits per heavy atom. The van der Waals surface area contributed by atoms with Crippen LogP contribution in [0.2, 0.25) is 0 Å². The van der Waals surface area contributed by atoms with Crippen molar-refractivity contribution >= 4 is 11.6 Å². The highest BCUT2D eigenvalue weighted by molar-refractivity contribution is 5.94. The predicted molar refractivity (Wildman–Crippen MR) is 71.6 cm³/mol. The van der Waals surface area contributed by atoms with E-state index in [2.05, 4.69) is 15.2 Å². The molecule has 0 unspecified atom stereocenters. The van der Waals surface area contributed by atoms with Gasteiger partial charge in [0, 0.05) is 38.2 Å². The first-order valence-corrected chi connectivity index (χ1v) is 6.37. The molecule has 2 heterocycles. The number of hydrogen-bond acceptors (Lipinski definition) is 4. The van der Waals surface area contributed by atoms with Crippen LogP contribution in [0.4, 0.5) is 5.69 Å². The van der Waals surface area contributed by atoms with Gasteiger partial charge in [-0.25, -0.2) is 0 Å². The second-order valence-corrected chi connectivity index (χ2v) is 4.54. The summed E-state index contributed by atoms with van der Waals surface area (Å²) in [4.78, 5) is 20.0. The Hall–Kier alpha value is -1.46. The first-order valence-electron chi connectivity index (χ1n) is 6.37. The summed E-state index contributed by atoms with van der Waals surface area (Å²) >= 11 is 0. The maximum Gasteiger partial charge on any atom is 0.240 e. The van der Waals surface area contributed by atoms with Gasteiger partial charge in [-0.2, -0.15) is 0 Å². The van der Waals surface area contributed by atoms with Crippen LogP contribution in [0.15, 0.2) is 24.5 Å². The van der Waals surface area contributed by atoms with Gasteiger partial charge in [0.1, 0.15) is 0 Å². The number of nitrogens with zero attached hydrogens (tertiary/aromatic N) is 3. The Labute approximate surface area is 108 Å². The van der Waals surface area contributed by atoms with E-state index in [-0.39, 0.29) is 5.91 Å². The normalized spacial score (nSPS) is 17.2. The van der Waals surface area contributed by atoms with Crippen LogP contribution in [0.1, 0.15) is 6.42 Å². The van der Waals surface area contributed by atoms with Gasteiger partial charge in [-0.05, 0) is 31.6 Å². The SMILES string of the molecule is CN(C(=O)CN1CCCNCC1)c1ccncc1. The summed E-state index contributed by atoms with van der Waals surface area (Å²) in [6.07, 6.45) is 4.51. The molecule has 2 rings (SSSR count). The zero-order chi connectivity index (χ0) is 12.8. The van der Waals surface area contributed by atoms with Crippen LogP contribution in [0, 0.1) is 0 Å². The fourth-order valence-electron chi connectivity index (χ4n) is 2.07. The Morgan fingerprint density at radius 1 is 1.39 bits per heavy atom. The van der Waals surface area contributed by atoms with Gasteiger partial charge in [0.05, 0.1) is 6.54 Å². The third kappa shape index (κ3) is 3.51. The van der Waals surface area contributed by atoms with E-state index in [1.54, 1.807) is 17.3 Å². The van der Waals surface area contributed by atoms with Gasteiger partial charge in [0.2, 0.25) is 5.91 Å². The number of rotatable bonds is 3. The smallest absolute Gasteiger partial charge is 0.240 e. The molecule has 1 aromatic heterocycles. The van der Waals surface area contributed by atoms with E-state index >= 15 is 0 Å². The van der Waals surface area contributed by atoms with Crippen molar-refractivity contribution in [2.75, 3.05) is 44.7 Å². The molecule has 1 amide bonds. The molecule has 18 heavy (non-hydrogen) atoms. The number of carbonyl (C=O) groups is 1. The molecule has 0 spiro atoms. The van der Waals surface area contributed by atoms with Gasteiger partial charge in [0.25, 0.3) is 0 Å². The minimum Gasteiger partial charge on any atom is -0.315 e. The average molecular weight is 248 g/mol. The minimum atomic E-state index is 0.128. The molecule has 0 bridgehead atoms. The molecule has 0 aliphatic carbocycles. The van der Waals surface area contributed by atoms with Gasteiger partial charge in [-0.3, -0.25) is 14.7 Å². The Bertz CT molecular complexity index is 374. The summed E-state index contributed by atoms with van der Waals surface area (Å²) in [5, 5.41) is 3.34. The quantitative estimate of drug-likeness (QED) is 0.838. The van der Waals surface area contributed by atoms with E-state index in [0.717, 1.165) is 38.3 Å². The van der Waals surface area contributed by atoms with Gasteiger partial charge in [-0.1, -0.05) is 0 Å². The summed E-state index contributed by atoms with van der Waals surface area (Å²) in [5.74, 6) is 0.128. The zero-order valence-electron chi connectivity index (χ0n) is 10.8. The van der Waals surface area contributed by atoms with Crippen molar-refractivity contribution in [3.05, 3.63) is 24.5 Å². The van der Waals surface area contributed by atoms with Crippen LogP contribution in [0.25, 0.3) is 0 Å². The molecular formula is C13H20N4O. The van der Waals surface area contributed by atoms with Gasteiger partial charge >= 0.3 is 0 Å². The maximum atomic E-state index is 12.2. The van der Waals surface area contributed by atoms with Crippen molar-refractivity contribution in [3.63, 3.8) is 0 Å². The van der Waals surface area contributed by atoms with Crippen LogP contribution >= 0.6 is 0 Å². The van der Waals surface area contributed by atoms with Crippen LogP contribution < -0.4 is 10.2 Å². The molecule has 0 radical (unpaired) electrons. The lowest BCUT2D eigenvalue weighted by molar-refractivity contribution is -0.119. The monoisotopic (exact) mass is 248 g/mol. The molecule has 98 valence electrons. The number of anilines is 1. The standard InChI is InChI=1S/C13H20N4O/c1-16(12-3-6-15-7-4-12)13(18)11-17-9-2-5-14-8-10-17/h3-4,6-7,14H,2,5,8-11H2,1H3. The Balaban J connectivity index is 1.90. The molecule has 1 aliphatic heterocycles. The van der Waals surface area contributed by atoms with Crippen LogP contribution in [-0.2, 0) is 4.79 Å². The highest BCUT2D eigenvalue weighted by atomic mass is 16.2. The molecule has 5 heteroatoms. The summed E-state index contributed by atoms with van der Waals surface area (Å²) < 4.78 is 0. The van der Waals surface area contributed by atoms with E-state index in [1.807, 2.05) is 19.2 Å².